The molecule has 196 valence electrons. The normalized spacial score (nSPS) is 15.1. The van der Waals surface area contributed by atoms with Crippen LogP contribution in [0, 0.1) is 18.8 Å². The van der Waals surface area contributed by atoms with Crippen molar-refractivity contribution in [1.82, 2.24) is 10.9 Å². The minimum absolute atomic E-state index is 0.0482. The number of hydrogen-bond acceptors (Lipinski definition) is 6. The van der Waals surface area contributed by atoms with Crippen LogP contribution in [0.25, 0.3) is 6.08 Å². The molecule has 2 aromatic rings. The van der Waals surface area contributed by atoms with Gasteiger partial charge in [-0.2, -0.15) is 0 Å². The Bertz CT molecular complexity index is 1130. The fourth-order valence-corrected chi connectivity index (χ4v) is 6.15. The van der Waals surface area contributed by atoms with E-state index in [2.05, 4.69) is 0 Å². The summed E-state index contributed by atoms with van der Waals surface area (Å²) in [6.07, 6.45) is 5.61. The van der Waals surface area contributed by atoms with E-state index in [1.54, 1.807) is 12.4 Å². The predicted octanol–water partition coefficient (Wildman–Crippen LogP) is 3.34. The van der Waals surface area contributed by atoms with Crippen molar-refractivity contribution in [3.8, 4) is 0 Å². The molecule has 2 amide bonds. The highest BCUT2D eigenvalue weighted by atomic mass is 32.2. The number of hydroxylamine groups is 1. The summed E-state index contributed by atoms with van der Waals surface area (Å²) in [5, 5.41) is 9.55. The minimum atomic E-state index is -3.93. The lowest BCUT2D eigenvalue weighted by Gasteiger charge is -2.36. The average molecular weight is 516 g/mol. The molecule has 9 heteroatoms. The van der Waals surface area contributed by atoms with Crippen molar-refractivity contribution in [1.29, 1.82) is 0 Å². The lowest BCUT2D eigenvalue weighted by Crippen LogP contribution is -2.56. The Morgan fingerprint density at radius 3 is 2.28 bits per heavy atom. The zero-order valence-electron chi connectivity index (χ0n) is 21.1. The van der Waals surface area contributed by atoms with Crippen LogP contribution in [-0.4, -0.2) is 36.4 Å². The Hall–Kier alpha value is -3.01. The number of hydrogen-bond donors (Lipinski definition) is 4. The van der Waals surface area contributed by atoms with Gasteiger partial charge in [0.2, 0.25) is 5.91 Å². The molecule has 3 atom stereocenters. The first-order valence-corrected chi connectivity index (χ1v) is 13.9. The summed E-state index contributed by atoms with van der Waals surface area (Å²) in [6.45, 7) is 3.75. The third-order valence-corrected chi connectivity index (χ3v) is 8.61. The number of rotatable bonds is 13. The van der Waals surface area contributed by atoms with Crippen molar-refractivity contribution in [2.24, 2.45) is 17.7 Å². The number of benzene rings is 2. The van der Waals surface area contributed by atoms with Crippen molar-refractivity contribution < 1.29 is 23.2 Å². The molecule has 2 aromatic carbocycles. The van der Waals surface area contributed by atoms with Gasteiger partial charge in [-0.05, 0) is 49.7 Å². The summed E-state index contributed by atoms with van der Waals surface area (Å²) in [4.78, 5) is 25.9. The number of hydrazine groups is 1. The van der Waals surface area contributed by atoms with Crippen LogP contribution >= 0.6 is 0 Å². The van der Waals surface area contributed by atoms with Gasteiger partial charge in [-0.3, -0.25) is 20.2 Å². The predicted molar refractivity (Wildman–Crippen MR) is 141 cm³/mol. The summed E-state index contributed by atoms with van der Waals surface area (Å²) < 4.78 is 24.3. The van der Waals surface area contributed by atoms with Crippen molar-refractivity contribution >= 4 is 27.7 Å². The second kappa shape index (κ2) is 13.3. The quantitative estimate of drug-likeness (QED) is 0.140. The van der Waals surface area contributed by atoms with Crippen LogP contribution in [0.1, 0.15) is 49.3 Å². The molecule has 0 radical (unpaired) electrons. The maximum atomic E-state index is 13.1. The van der Waals surface area contributed by atoms with Gasteiger partial charge < -0.3 is 0 Å². The number of sulfone groups is 1. The monoisotopic (exact) mass is 515 g/mol. The van der Waals surface area contributed by atoms with Crippen molar-refractivity contribution in [2.45, 2.75) is 50.7 Å². The molecule has 36 heavy (non-hydrogen) atoms. The second-order valence-corrected chi connectivity index (χ2v) is 11.6. The minimum Gasteiger partial charge on any atom is -0.293 e. The van der Waals surface area contributed by atoms with Crippen LogP contribution < -0.4 is 16.7 Å². The molecule has 1 unspecified atom stereocenters. The topological polar surface area (TPSA) is 139 Å². The molecule has 8 nitrogen and oxygen atoms in total. The highest BCUT2D eigenvalue weighted by Gasteiger charge is 2.50. The third kappa shape index (κ3) is 7.49. The fourth-order valence-electron chi connectivity index (χ4n) is 4.67. The van der Waals surface area contributed by atoms with Gasteiger partial charge >= 0.3 is 0 Å². The van der Waals surface area contributed by atoms with Crippen molar-refractivity contribution in [2.75, 3.05) is 6.26 Å². The fraction of sp³-hybridized carbons (Fsp3) is 0.407. The standard InChI is InChI=1S/C27H37N3O5S/c1-4-17-27(26(32)29-28,36(3,34)35)19-23(18-22-15-13-20(2)14-16-22)24(25(31)30-33)12-8-11-21-9-6-5-7-10-21/h5-11,13-16,23-24,33H,4,12,17-19,28H2,1-3H3,(H,29,32)(H,30,31)/b11-8+/t23-,24+,27?/m1/s1. The first kappa shape index (κ1) is 29.2. The van der Waals surface area contributed by atoms with E-state index in [9.17, 15) is 23.2 Å². The molecular formula is C27H37N3O5S. The van der Waals surface area contributed by atoms with Crippen LogP contribution in [0.2, 0.25) is 0 Å². The van der Waals surface area contributed by atoms with Crippen LogP contribution in [0.15, 0.2) is 60.7 Å². The molecule has 5 N–H and O–H groups in total. The lowest BCUT2D eigenvalue weighted by molar-refractivity contribution is -0.136. The summed E-state index contributed by atoms with van der Waals surface area (Å²) >= 11 is 0. The Balaban J connectivity index is 2.55. The number of aryl methyl sites for hydroxylation is 1. The number of amides is 2. The molecule has 0 heterocycles. The van der Waals surface area contributed by atoms with Gasteiger partial charge in [0.25, 0.3) is 5.91 Å². The van der Waals surface area contributed by atoms with E-state index >= 15 is 0 Å². The second-order valence-electron chi connectivity index (χ2n) is 9.28. The molecule has 0 spiro atoms. The maximum Gasteiger partial charge on any atom is 0.255 e. The third-order valence-electron chi connectivity index (χ3n) is 6.63. The number of nitrogens with one attached hydrogen (secondary N) is 2. The Morgan fingerprint density at radius 1 is 1.11 bits per heavy atom. The Morgan fingerprint density at radius 2 is 1.75 bits per heavy atom. The smallest absolute Gasteiger partial charge is 0.255 e. The van der Waals surface area contributed by atoms with E-state index in [1.807, 2.05) is 79.1 Å². The van der Waals surface area contributed by atoms with E-state index in [1.165, 1.54) is 0 Å². The Kier molecular flexibility index (Phi) is 10.8. The molecule has 0 saturated heterocycles. The molecule has 0 aliphatic carbocycles. The summed E-state index contributed by atoms with van der Waals surface area (Å²) in [5.41, 5.74) is 6.67. The Labute approximate surface area is 213 Å². The SMILES string of the molecule is CCCC(C[C@@H](Cc1ccc(C)cc1)[C@H](C/C=C/c1ccccc1)C(=O)NO)(C(=O)NN)S(C)(=O)=O. The van der Waals surface area contributed by atoms with Crippen molar-refractivity contribution in [3.05, 3.63) is 77.4 Å². The molecule has 0 saturated carbocycles. The van der Waals surface area contributed by atoms with Gasteiger partial charge in [0, 0.05) is 12.2 Å². The summed E-state index contributed by atoms with van der Waals surface area (Å²) in [5.74, 6) is 2.59. The van der Waals surface area contributed by atoms with Crippen LogP contribution in [-0.2, 0) is 25.8 Å². The van der Waals surface area contributed by atoms with Crippen LogP contribution in [0.4, 0.5) is 0 Å². The molecule has 0 fully saturated rings. The van der Waals surface area contributed by atoms with E-state index in [-0.39, 0.29) is 19.3 Å². The molecule has 2 rings (SSSR count). The summed E-state index contributed by atoms with van der Waals surface area (Å²) in [6, 6.07) is 17.2. The highest BCUT2D eigenvalue weighted by Crippen LogP contribution is 2.37. The summed E-state index contributed by atoms with van der Waals surface area (Å²) in [7, 11) is -3.93. The van der Waals surface area contributed by atoms with Crippen LogP contribution in [0.3, 0.4) is 0 Å². The first-order valence-electron chi connectivity index (χ1n) is 12.0. The number of nitrogens with two attached hydrogens (primary N) is 1. The maximum absolute atomic E-state index is 13.1. The van der Waals surface area contributed by atoms with Gasteiger partial charge in [-0.15, -0.1) is 0 Å². The molecule has 0 aromatic heterocycles. The van der Waals surface area contributed by atoms with E-state index < -0.39 is 38.2 Å². The van der Waals surface area contributed by atoms with Gasteiger partial charge in [0.05, 0.1) is 0 Å². The number of carbonyl (C=O) groups excluding carboxylic acids is 2. The zero-order chi connectivity index (χ0) is 26.8. The van der Waals surface area contributed by atoms with E-state index in [4.69, 9.17) is 5.84 Å². The van der Waals surface area contributed by atoms with Gasteiger partial charge in [-0.25, -0.2) is 19.7 Å². The average Bonchev–Trinajstić information content (AvgIpc) is 2.86. The van der Waals surface area contributed by atoms with Crippen LogP contribution in [0.5, 0.6) is 0 Å². The van der Waals surface area contributed by atoms with E-state index in [0.717, 1.165) is 22.9 Å². The highest BCUT2D eigenvalue weighted by molar-refractivity contribution is 7.92. The van der Waals surface area contributed by atoms with Gasteiger partial charge in [0.1, 0.15) is 0 Å². The largest absolute Gasteiger partial charge is 0.293 e. The van der Waals surface area contributed by atoms with Gasteiger partial charge in [0.15, 0.2) is 14.6 Å². The van der Waals surface area contributed by atoms with Gasteiger partial charge in [-0.1, -0.05) is 85.7 Å². The van der Waals surface area contributed by atoms with Crippen molar-refractivity contribution in [3.63, 3.8) is 0 Å². The first-order chi connectivity index (χ1) is 17.1. The molecular weight excluding hydrogens is 478 g/mol. The van der Waals surface area contributed by atoms with E-state index in [0.29, 0.717) is 12.8 Å². The molecule has 0 aliphatic heterocycles. The number of allylic oxidation sites excluding steroid dienone is 1. The molecule has 0 bridgehead atoms. The number of carbonyl (C=O) groups is 2. The molecule has 0 aliphatic rings. The zero-order valence-corrected chi connectivity index (χ0v) is 21.9. The lowest BCUT2D eigenvalue weighted by atomic mass is 9.76.